The van der Waals surface area contributed by atoms with Crippen molar-refractivity contribution in [3.8, 4) is 16.9 Å². The van der Waals surface area contributed by atoms with Gasteiger partial charge in [-0.3, -0.25) is 10.1 Å². The van der Waals surface area contributed by atoms with E-state index < -0.39 is 0 Å². The van der Waals surface area contributed by atoms with Crippen molar-refractivity contribution in [2.45, 2.75) is 27.7 Å². The molecule has 0 spiro atoms. The lowest BCUT2D eigenvalue weighted by atomic mass is 9.96. The van der Waals surface area contributed by atoms with E-state index in [4.69, 9.17) is 20.8 Å². The molecule has 0 bridgehead atoms. The number of nitrogens with zero attached hydrogens (tertiary/aromatic N) is 1. The lowest BCUT2D eigenvalue weighted by molar-refractivity contribution is -0.111. The highest BCUT2D eigenvalue weighted by molar-refractivity contribution is 7.13. The molecule has 0 unspecified atom stereocenters. The molecule has 2 aromatic carbocycles. The molecule has 164 valence electrons. The Kier molecular flexibility index (Phi) is 6.35. The maximum Gasteiger partial charge on any atom is 0.250 e. The van der Waals surface area contributed by atoms with Crippen LogP contribution < -0.4 is 10.1 Å². The van der Waals surface area contributed by atoms with E-state index in [-0.39, 0.29) is 5.91 Å². The first-order chi connectivity index (χ1) is 15.4. The summed E-state index contributed by atoms with van der Waals surface area (Å²) in [6, 6.07) is 9.66. The van der Waals surface area contributed by atoms with E-state index in [1.807, 2.05) is 63.4 Å². The Hall–Kier alpha value is -3.09. The number of ether oxygens (including phenoxy) is 1. The van der Waals surface area contributed by atoms with Crippen LogP contribution in [-0.2, 0) is 4.79 Å². The van der Waals surface area contributed by atoms with Crippen LogP contribution in [0.15, 0.2) is 52.5 Å². The normalized spacial score (nSPS) is 11.7. The number of amides is 1. The molecule has 5 nitrogen and oxygen atoms in total. The lowest BCUT2D eigenvalue weighted by Gasteiger charge is -2.15. The number of carbonyl (C=O) groups excluding carboxylic acids is 1. The van der Waals surface area contributed by atoms with E-state index in [0.717, 1.165) is 44.5 Å². The summed E-state index contributed by atoms with van der Waals surface area (Å²) < 4.78 is 11.9. The number of aromatic nitrogens is 1. The number of rotatable bonds is 6. The van der Waals surface area contributed by atoms with E-state index >= 15 is 0 Å². The third-order valence-corrected chi connectivity index (χ3v) is 6.24. The molecule has 32 heavy (non-hydrogen) atoms. The predicted octanol–water partition coefficient (Wildman–Crippen LogP) is 7.27. The highest BCUT2D eigenvalue weighted by Gasteiger charge is 2.19. The molecule has 1 N–H and O–H groups in total. The summed E-state index contributed by atoms with van der Waals surface area (Å²) in [6.07, 6.45) is 3.32. The van der Waals surface area contributed by atoms with E-state index in [2.05, 4.69) is 10.3 Å². The van der Waals surface area contributed by atoms with Crippen LogP contribution in [0, 0.1) is 13.8 Å². The third kappa shape index (κ3) is 4.42. The number of aryl methyl sites for hydroxylation is 2. The van der Waals surface area contributed by atoms with Gasteiger partial charge in [-0.2, -0.15) is 0 Å². The first-order valence-electron chi connectivity index (χ1n) is 10.2. The molecule has 0 saturated carbocycles. The van der Waals surface area contributed by atoms with Crippen LogP contribution >= 0.6 is 22.9 Å². The van der Waals surface area contributed by atoms with Crippen molar-refractivity contribution in [2.24, 2.45) is 0 Å². The minimum atomic E-state index is -0.234. The van der Waals surface area contributed by atoms with Crippen molar-refractivity contribution in [3.05, 3.63) is 69.9 Å². The molecule has 0 atom stereocenters. The summed E-state index contributed by atoms with van der Waals surface area (Å²) in [6.45, 7) is 8.20. The molecule has 2 heterocycles. The van der Waals surface area contributed by atoms with Crippen molar-refractivity contribution in [3.63, 3.8) is 0 Å². The number of nitrogens with one attached hydrogen (secondary N) is 1. The van der Waals surface area contributed by atoms with Crippen LogP contribution in [0.1, 0.15) is 30.7 Å². The van der Waals surface area contributed by atoms with Gasteiger partial charge >= 0.3 is 0 Å². The fraction of sp³-hybridized carbons (Fsp3) is 0.200. The number of halogens is 1. The van der Waals surface area contributed by atoms with E-state index in [9.17, 15) is 4.79 Å². The van der Waals surface area contributed by atoms with Gasteiger partial charge in [-0.05, 0) is 57.0 Å². The molecule has 1 amide bonds. The highest BCUT2D eigenvalue weighted by atomic mass is 35.5. The summed E-state index contributed by atoms with van der Waals surface area (Å²) in [5.41, 5.74) is 6.12. The van der Waals surface area contributed by atoms with Gasteiger partial charge in [0.1, 0.15) is 11.3 Å². The number of hydrogen-bond donors (Lipinski definition) is 1. The number of benzene rings is 2. The topological polar surface area (TPSA) is 64.4 Å². The van der Waals surface area contributed by atoms with Crippen LogP contribution in [0.3, 0.4) is 0 Å². The Balaban J connectivity index is 1.79. The second-order valence-electron chi connectivity index (χ2n) is 7.45. The molecule has 0 aliphatic rings. The zero-order valence-electron chi connectivity index (χ0n) is 18.3. The Bertz CT molecular complexity index is 1320. The first-order valence-corrected chi connectivity index (χ1v) is 11.5. The summed E-state index contributed by atoms with van der Waals surface area (Å²) in [5, 5.41) is 6.93. The average molecular weight is 467 g/mol. The smallest absolute Gasteiger partial charge is 0.250 e. The number of carbonyl (C=O) groups is 1. The summed E-state index contributed by atoms with van der Waals surface area (Å²) in [5.74, 6) is 0.478. The minimum absolute atomic E-state index is 0.234. The van der Waals surface area contributed by atoms with Crippen molar-refractivity contribution < 1.29 is 13.9 Å². The van der Waals surface area contributed by atoms with E-state index in [1.165, 1.54) is 11.3 Å². The van der Waals surface area contributed by atoms with Crippen molar-refractivity contribution >= 4 is 50.5 Å². The standard InChI is InChI=1S/C25H23ClN2O3S/c1-5-30-23-16(4)24-20(21(12-31-24)17-6-8-18(26)9-7-17)11-19(23)14(2)10-22(29)28-25-27-15(3)13-32-25/h6-13H,5H2,1-4H3,(H,27,28,29)/b14-10+. The monoisotopic (exact) mass is 466 g/mol. The Labute approximate surface area is 195 Å². The third-order valence-electron chi connectivity index (χ3n) is 5.11. The fourth-order valence-corrected chi connectivity index (χ4v) is 4.44. The van der Waals surface area contributed by atoms with Crippen LogP contribution in [0.25, 0.3) is 27.7 Å². The summed E-state index contributed by atoms with van der Waals surface area (Å²) in [4.78, 5) is 16.9. The fourth-order valence-electron chi connectivity index (χ4n) is 3.62. The first kappa shape index (κ1) is 22.1. The predicted molar refractivity (Wildman–Crippen MR) is 132 cm³/mol. The molecular formula is C25H23ClN2O3S. The molecule has 4 rings (SSSR count). The van der Waals surface area contributed by atoms with Crippen molar-refractivity contribution in [1.29, 1.82) is 0 Å². The van der Waals surface area contributed by atoms with Gasteiger partial charge in [-0.1, -0.05) is 23.7 Å². The van der Waals surface area contributed by atoms with E-state index in [1.54, 1.807) is 12.3 Å². The molecular weight excluding hydrogens is 444 g/mol. The summed E-state index contributed by atoms with van der Waals surface area (Å²) >= 11 is 7.46. The number of furan rings is 1. The van der Waals surface area contributed by atoms with E-state index in [0.29, 0.717) is 22.5 Å². The van der Waals surface area contributed by atoms with Crippen LogP contribution in [-0.4, -0.2) is 17.5 Å². The van der Waals surface area contributed by atoms with Crippen LogP contribution in [0.5, 0.6) is 5.75 Å². The van der Waals surface area contributed by atoms with Crippen molar-refractivity contribution in [2.75, 3.05) is 11.9 Å². The zero-order valence-corrected chi connectivity index (χ0v) is 19.9. The molecule has 0 radical (unpaired) electrons. The molecule has 2 aromatic heterocycles. The molecule has 0 aliphatic carbocycles. The van der Waals surface area contributed by atoms with Gasteiger partial charge in [0, 0.05) is 38.6 Å². The lowest BCUT2D eigenvalue weighted by Crippen LogP contribution is -2.08. The van der Waals surface area contributed by atoms with Crippen LogP contribution in [0.4, 0.5) is 5.13 Å². The SMILES string of the molecule is CCOc1c(/C(C)=C/C(=O)Nc2nc(C)cs2)cc2c(-c3ccc(Cl)cc3)coc2c1C. The van der Waals surface area contributed by atoms with Gasteiger partial charge in [0.15, 0.2) is 5.13 Å². The molecule has 0 saturated heterocycles. The molecule has 0 aliphatic heterocycles. The van der Waals surface area contributed by atoms with Crippen LogP contribution in [0.2, 0.25) is 5.02 Å². The quantitative estimate of drug-likeness (QED) is 0.303. The van der Waals surface area contributed by atoms with Gasteiger partial charge in [-0.15, -0.1) is 11.3 Å². The number of allylic oxidation sites excluding steroid dienone is 1. The zero-order chi connectivity index (χ0) is 22.8. The molecule has 7 heteroatoms. The molecule has 4 aromatic rings. The Morgan fingerprint density at radius 1 is 1.28 bits per heavy atom. The molecule has 0 fully saturated rings. The Morgan fingerprint density at radius 3 is 2.69 bits per heavy atom. The number of fused-ring (bicyclic) bond motifs is 1. The Morgan fingerprint density at radius 2 is 2.03 bits per heavy atom. The largest absolute Gasteiger partial charge is 0.493 e. The maximum atomic E-state index is 12.6. The minimum Gasteiger partial charge on any atom is -0.493 e. The average Bonchev–Trinajstić information content (AvgIpc) is 3.36. The number of hydrogen-bond acceptors (Lipinski definition) is 5. The van der Waals surface area contributed by atoms with Gasteiger partial charge < -0.3 is 9.15 Å². The van der Waals surface area contributed by atoms with Gasteiger partial charge in [0.2, 0.25) is 5.91 Å². The number of anilines is 1. The second-order valence-corrected chi connectivity index (χ2v) is 8.75. The van der Waals surface area contributed by atoms with Gasteiger partial charge in [-0.25, -0.2) is 4.98 Å². The second kappa shape index (κ2) is 9.18. The van der Waals surface area contributed by atoms with Crippen molar-refractivity contribution in [1.82, 2.24) is 4.98 Å². The summed E-state index contributed by atoms with van der Waals surface area (Å²) in [7, 11) is 0. The van der Waals surface area contributed by atoms with Gasteiger partial charge in [0.05, 0.1) is 18.6 Å². The maximum absolute atomic E-state index is 12.6. The highest BCUT2D eigenvalue weighted by Crippen LogP contribution is 2.41. The van der Waals surface area contributed by atoms with Gasteiger partial charge in [0.25, 0.3) is 0 Å². The number of thiazole rings is 1.